The Morgan fingerprint density at radius 1 is 1.89 bits per heavy atom. The molecule has 1 aliphatic heterocycles. The summed E-state index contributed by atoms with van der Waals surface area (Å²) in [6, 6.07) is 0. The minimum atomic E-state index is -1.24. The summed E-state index contributed by atoms with van der Waals surface area (Å²) < 4.78 is 4.79. The largest absolute Gasteiger partial charge is 0.545 e. The molecule has 1 aliphatic rings. The Labute approximate surface area is 52.1 Å². The van der Waals surface area contributed by atoms with Crippen molar-refractivity contribution in [1.82, 2.24) is 5.32 Å². The van der Waals surface area contributed by atoms with Crippen molar-refractivity contribution in [3.05, 3.63) is 12.0 Å². The first kappa shape index (κ1) is 5.94. The van der Waals surface area contributed by atoms with Gasteiger partial charge in [-0.3, -0.25) is 0 Å². The Morgan fingerprint density at radius 2 is 2.67 bits per heavy atom. The molecule has 50 valence electrons. The van der Waals surface area contributed by atoms with Gasteiger partial charge in [0, 0.05) is 6.08 Å². The summed E-state index contributed by atoms with van der Waals surface area (Å²) in [4.78, 5) is 9.85. The zero-order valence-corrected chi connectivity index (χ0v) is 4.72. The Bertz CT molecular complexity index is 144. The number of aliphatic carboxylic acids is 1. The number of carbonyl (C=O) groups excluding carboxylic acids is 1. The van der Waals surface area contributed by atoms with E-state index in [1.54, 1.807) is 0 Å². The van der Waals surface area contributed by atoms with Gasteiger partial charge in [0.05, 0.1) is 12.5 Å². The van der Waals surface area contributed by atoms with Gasteiger partial charge >= 0.3 is 0 Å². The number of carboxylic acids is 1. The van der Waals surface area contributed by atoms with Crippen LogP contribution in [0.1, 0.15) is 0 Å². The van der Waals surface area contributed by atoms with E-state index in [1.807, 2.05) is 0 Å². The van der Waals surface area contributed by atoms with Crippen LogP contribution in [0.3, 0.4) is 0 Å². The predicted octanol–water partition coefficient (Wildman–Crippen LogP) is -1.80. The quantitative estimate of drug-likeness (QED) is 0.423. The van der Waals surface area contributed by atoms with Crippen molar-refractivity contribution in [3.63, 3.8) is 0 Å². The summed E-state index contributed by atoms with van der Waals surface area (Å²) in [6.07, 6.45) is 0.896. The van der Waals surface area contributed by atoms with Crippen LogP contribution in [0.4, 0.5) is 0 Å². The molecule has 0 aromatic heterocycles. The summed E-state index contributed by atoms with van der Waals surface area (Å²) in [5.74, 6) is -0.950. The Balaban J connectivity index is 2.49. The predicted molar refractivity (Wildman–Crippen MR) is 27.0 cm³/mol. The first-order chi connectivity index (χ1) is 4.29. The lowest BCUT2D eigenvalue weighted by Gasteiger charge is -1.97. The van der Waals surface area contributed by atoms with Crippen LogP contribution in [-0.2, 0) is 9.53 Å². The van der Waals surface area contributed by atoms with Crippen molar-refractivity contribution in [2.45, 2.75) is 0 Å². The van der Waals surface area contributed by atoms with E-state index in [1.165, 1.54) is 0 Å². The highest BCUT2D eigenvalue weighted by atomic mass is 16.5. The van der Waals surface area contributed by atoms with Crippen molar-refractivity contribution in [2.24, 2.45) is 0 Å². The third kappa shape index (κ3) is 1.64. The highest BCUT2D eigenvalue weighted by molar-refractivity contribution is 5.78. The Kier molecular flexibility index (Phi) is 1.58. The van der Waals surface area contributed by atoms with Crippen LogP contribution in [0.2, 0.25) is 0 Å². The van der Waals surface area contributed by atoms with E-state index in [2.05, 4.69) is 5.32 Å². The third-order valence-electron chi connectivity index (χ3n) is 0.908. The van der Waals surface area contributed by atoms with Crippen molar-refractivity contribution in [3.8, 4) is 0 Å². The second-order valence-electron chi connectivity index (χ2n) is 1.60. The maximum atomic E-state index is 9.85. The summed E-state index contributed by atoms with van der Waals surface area (Å²) in [5, 5.41) is 12.6. The van der Waals surface area contributed by atoms with E-state index in [9.17, 15) is 9.90 Å². The zero-order chi connectivity index (χ0) is 6.69. The highest BCUT2D eigenvalue weighted by Gasteiger charge is 2.03. The van der Waals surface area contributed by atoms with Gasteiger partial charge in [-0.25, -0.2) is 0 Å². The lowest BCUT2D eigenvalue weighted by Crippen LogP contribution is -2.21. The van der Waals surface area contributed by atoms with Gasteiger partial charge in [-0.1, -0.05) is 0 Å². The fourth-order valence-corrected chi connectivity index (χ4v) is 0.586. The molecular formula is C5H6NO3-. The maximum Gasteiger partial charge on any atom is 0.188 e. The highest BCUT2D eigenvalue weighted by Crippen LogP contribution is 1.96. The molecule has 1 heterocycles. The van der Waals surface area contributed by atoms with Crippen LogP contribution in [-0.4, -0.2) is 19.1 Å². The molecule has 9 heavy (non-hydrogen) atoms. The second-order valence-corrected chi connectivity index (χ2v) is 1.60. The fourth-order valence-electron chi connectivity index (χ4n) is 0.586. The summed E-state index contributed by atoms with van der Waals surface area (Å²) >= 11 is 0. The van der Waals surface area contributed by atoms with Gasteiger partial charge in [-0.05, 0) is 0 Å². The smallest absolute Gasteiger partial charge is 0.188 e. The van der Waals surface area contributed by atoms with Gasteiger partial charge in [-0.2, -0.15) is 0 Å². The van der Waals surface area contributed by atoms with E-state index in [0.717, 1.165) is 6.08 Å². The standard InChI is InChI=1S/C5H7NO3/c7-5(8)3-4-6-1-2-9-4/h3,6H,1-2H2,(H,7,8)/p-1/b4-3+. The third-order valence-corrected chi connectivity index (χ3v) is 0.908. The molecule has 1 N–H and O–H groups in total. The van der Waals surface area contributed by atoms with Crippen molar-refractivity contribution in [1.29, 1.82) is 0 Å². The summed E-state index contributed by atoms with van der Waals surface area (Å²) in [6.45, 7) is 1.19. The van der Waals surface area contributed by atoms with E-state index in [0.29, 0.717) is 13.2 Å². The number of hydrogen-bond acceptors (Lipinski definition) is 4. The van der Waals surface area contributed by atoms with Crippen LogP contribution < -0.4 is 10.4 Å². The summed E-state index contributed by atoms with van der Waals surface area (Å²) in [7, 11) is 0. The number of nitrogens with one attached hydrogen (secondary N) is 1. The number of carboxylic acid groups (broad SMARTS) is 1. The Morgan fingerprint density at radius 3 is 3.11 bits per heavy atom. The molecule has 0 spiro atoms. The van der Waals surface area contributed by atoms with Crippen LogP contribution >= 0.6 is 0 Å². The molecule has 0 saturated carbocycles. The molecule has 4 heteroatoms. The van der Waals surface area contributed by atoms with E-state index >= 15 is 0 Å². The zero-order valence-electron chi connectivity index (χ0n) is 4.72. The van der Waals surface area contributed by atoms with E-state index in [4.69, 9.17) is 4.74 Å². The van der Waals surface area contributed by atoms with Gasteiger partial charge in [-0.15, -0.1) is 0 Å². The molecular weight excluding hydrogens is 122 g/mol. The maximum absolute atomic E-state index is 9.85. The molecule has 1 saturated heterocycles. The summed E-state index contributed by atoms with van der Waals surface area (Å²) in [5.41, 5.74) is 0. The normalized spacial score (nSPS) is 21.1. The van der Waals surface area contributed by atoms with E-state index < -0.39 is 5.97 Å². The van der Waals surface area contributed by atoms with Gasteiger partial charge in [0.2, 0.25) is 0 Å². The molecule has 0 amide bonds. The second kappa shape index (κ2) is 2.39. The van der Waals surface area contributed by atoms with E-state index in [-0.39, 0.29) is 5.88 Å². The number of carbonyl (C=O) groups is 1. The molecule has 1 rings (SSSR count). The van der Waals surface area contributed by atoms with Crippen LogP contribution in [0, 0.1) is 0 Å². The van der Waals surface area contributed by atoms with Crippen molar-refractivity contribution < 1.29 is 14.6 Å². The first-order valence-electron chi connectivity index (χ1n) is 2.58. The number of hydrogen-bond donors (Lipinski definition) is 1. The number of ether oxygens (including phenoxy) is 1. The van der Waals surface area contributed by atoms with Crippen molar-refractivity contribution >= 4 is 5.97 Å². The molecule has 0 aliphatic carbocycles. The molecule has 1 fully saturated rings. The first-order valence-corrected chi connectivity index (χ1v) is 2.58. The van der Waals surface area contributed by atoms with Gasteiger partial charge in [0.25, 0.3) is 0 Å². The molecule has 0 unspecified atom stereocenters. The average Bonchev–Trinajstić information content (AvgIpc) is 2.15. The fraction of sp³-hybridized carbons (Fsp3) is 0.400. The van der Waals surface area contributed by atoms with Gasteiger partial charge in [0.15, 0.2) is 5.88 Å². The molecule has 0 radical (unpaired) electrons. The SMILES string of the molecule is O=C([O-])/C=C1\NCCO1. The minimum absolute atomic E-state index is 0.287. The van der Waals surface area contributed by atoms with Crippen molar-refractivity contribution in [2.75, 3.05) is 13.2 Å². The van der Waals surface area contributed by atoms with Gasteiger partial charge in [0.1, 0.15) is 6.61 Å². The van der Waals surface area contributed by atoms with Crippen LogP contribution in [0.15, 0.2) is 12.0 Å². The lowest BCUT2D eigenvalue weighted by atomic mass is 10.6. The monoisotopic (exact) mass is 128 g/mol. The topological polar surface area (TPSA) is 61.4 Å². The molecule has 0 aromatic rings. The van der Waals surface area contributed by atoms with Crippen LogP contribution in [0.25, 0.3) is 0 Å². The molecule has 4 nitrogen and oxygen atoms in total. The lowest BCUT2D eigenvalue weighted by molar-refractivity contribution is -0.297. The average molecular weight is 128 g/mol. The van der Waals surface area contributed by atoms with Crippen LogP contribution in [0.5, 0.6) is 0 Å². The molecule has 0 bridgehead atoms. The van der Waals surface area contributed by atoms with Gasteiger partial charge < -0.3 is 20.0 Å². The number of rotatable bonds is 1. The molecule has 0 atom stereocenters. The Hall–Kier alpha value is -1.19. The molecule has 0 aromatic carbocycles. The minimum Gasteiger partial charge on any atom is -0.545 e.